The first-order chi connectivity index (χ1) is 12.2. The number of ether oxygens (including phenoxy) is 1. The lowest BCUT2D eigenvalue weighted by atomic mass is 10.0. The lowest BCUT2D eigenvalue weighted by molar-refractivity contribution is -0.122. The van der Waals surface area contributed by atoms with Crippen molar-refractivity contribution in [2.45, 2.75) is 19.0 Å². The number of rotatable bonds is 2. The lowest BCUT2D eigenvalue weighted by Gasteiger charge is -2.34. The molecule has 3 aliphatic rings. The van der Waals surface area contributed by atoms with Gasteiger partial charge in [0.05, 0.1) is 18.9 Å². The molecule has 1 saturated heterocycles. The van der Waals surface area contributed by atoms with E-state index in [0.29, 0.717) is 38.8 Å². The Bertz CT molecular complexity index is 755. The Kier molecular flexibility index (Phi) is 3.84. The molecule has 0 aromatic heterocycles. The lowest BCUT2D eigenvalue weighted by Crippen LogP contribution is -2.56. The van der Waals surface area contributed by atoms with E-state index in [1.807, 2.05) is 36.1 Å². The molecule has 1 spiro atoms. The Labute approximate surface area is 146 Å². The van der Waals surface area contributed by atoms with E-state index in [-0.39, 0.29) is 11.9 Å². The number of benzene rings is 1. The molecule has 132 valence electrons. The van der Waals surface area contributed by atoms with E-state index in [1.54, 1.807) is 4.90 Å². The maximum absolute atomic E-state index is 13.3. The molecular weight excluding hydrogens is 320 g/mol. The molecule has 25 heavy (non-hydrogen) atoms. The SMILES string of the molecule is CCCN1C(=O)[C@]2(N=C(N)NC(N3CCOCC3)=N2)c2ccccc21. The zero-order valence-corrected chi connectivity index (χ0v) is 14.2. The summed E-state index contributed by atoms with van der Waals surface area (Å²) in [7, 11) is 0. The van der Waals surface area contributed by atoms with Gasteiger partial charge in [-0.1, -0.05) is 25.1 Å². The molecule has 0 saturated carbocycles. The Hall–Kier alpha value is -2.61. The van der Waals surface area contributed by atoms with Crippen molar-refractivity contribution in [2.75, 3.05) is 37.7 Å². The summed E-state index contributed by atoms with van der Waals surface area (Å²) >= 11 is 0. The molecular formula is C17H22N6O2. The molecule has 8 nitrogen and oxygen atoms in total. The molecule has 1 aromatic rings. The first-order valence-electron chi connectivity index (χ1n) is 8.62. The zero-order valence-electron chi connectivity index (χ0n) is 14.2. The van der Waals surface area contributed by atoms with Gasteiger partial charge < -0.3 is 20.3 Å². The third-order valence-electron chi connectivity index (χ3n) is 4.66. The number of morpholine rings is 1. The Morgan fingerprint density at radius 2 is 2.04 bits per heavy atom. The standard InChI is InChI=1S/C17H22N6O2/c1-2-7-23-13-6-4-3-5-12(13)17(14(23)24)20-15(18)19-16(21-17)22-8-10-25-11-9-22/h3-6H,2,7-11H2,1H3,(H3,18,19,20,21)/t17-/m0/s1. The predicted molar refractivity (Wildman–Crippen MR) is 95.3 cm³/mol. The maximum atomic E-state index is 13.3. The van der Waals surface area contributed by atoms with Crippen molar-refractivity contribution in [3.05, 3.63) is 29.8 Å². The van der Waals surface area contributed by atoms with Crippen molar-refractivity contribution in [3.8, 4) is 0 Å². The van der Waals surface area contributed by atoms with Gasteiger partial charge >= 0.3 is 0 Å². The summed E-state index contributed by atoms with van der Waals surface area (Å²) in [6.07, 6.45) is 0.855. The van der Waals surface area contributed by atoms with E-state index in [4.69, 9.17) is 15.5 Å². The van der Waals surface area contributed by atoms with Crippen LogP contribution in [0.3, 0.4) is 0 Å². The number of nitrogens with two attached hydrogens (primary N) is 1. The Balaban J connectivity index is 1.82. The smallest absolute Gasteiger partial charge is 0.282 e. The molecule has 0 radical (unpaired) electrons. The van der Waals surface area contributed by atoms with Crippen LogP contribution in [-0.2, 0) is 15.2 Å². The molecule has 0 bridgehead atoms. The number of hydrogen-bond donors (Lipinski definition) is 2. The van der Waals surface area contributed by atoms with E-state index in [9.17, 15) is 4.79 Å². The Morgan fingerprint density at radius 1 is 1.28 bits per heavy atom. The van der Waals surface area contributed by atoms with Gasteiger partial charge in [0, 0.05) is 25.2 Å². The van der Waals surface area contributed by atoms with Crippen LogP contribution in [0.2, 0.25) is 0 Å². The number of anilines is 1. The fourth-order valence-corrected chi connectivity index (χ4v) is 3.53. The molecule has 1 aromatic carbocycles. The zero-order chi connectivity index (χ0) is 17.4. The van der Waals surface area contributed by atoms with E-state index < -0.39 is 5.66 Å². The molecule has 3 N–H and O–H groups in total. The molecule has 1 fully saturated rings. The molecule has 8 heteroatoms. The number of nitrogens with zero attached hydrogens (tertiary/aromatic N) is 4. The first-order valence-corrected chi connectivity index (χ1v) is 8.62. The number of carbonyl (C=O) groups is 1. The van der Waals surface area contributed by atoms with Gasteiger partial charge in [-0.2, -0.15) is 0 Å². The van der Waals surface area contributed by atoms with Gasteiger partial charge in [0.1, 0.15) is 0 Å². The van der Waals surface area contributed by atoms with Crippen LogP contribution in [0.25, 0.3) is 0 Å². The number of nitrogens with one attached hydrogen (secondary N) is 1. The first kappa shape index (κ1) is 15.9. The second-order valence-corrected chi connectivity index (χ2v) is 6.30. The second-order valence-electron chi connectivity index (χ2n) is 6.30. The average Bonchev–Trinajstić information content (AvgIpc) is 2.85. The van der Waals surface area contributed by atoms with Crippen LogP contribution >= 0.6 is 0 Å². The van der Waals surface area contributed by atoms with Crippen molar-refractivity contribution < 1.29 is 9.53 Å². The van der Waals surface area contributed by atoms with Gasteiger partial charge in [0.2, 0.25) is 5.96 Å². The molecule has 0 aliphatic carbocycles. The Morgan fingerprint density at radius 3 is 2.80 bits per heavy atom. The summed E-state index contributed by atoms with van der Waals surface area (Å²) < 4.78 is 5.40. The van der Waals surface area contributed by atoms with Gasteiger partial charge in [0.25, 0.3) is 11.6 Å². The minimum Gasteiger partial charge on any atom is -0.378 e. The van der Waals surface area contributed by atoms with Crippen LogP contribution in [-0.4, -0.2) is 55.6 Å². The summed E-state index contributed by atoms with van der Waals surface area (Å²) in [5.41, 5.74) is 6.37. The third kappa shape index (κ3) is 2.44. The maximum Gasteiger partial charge on any atom is 0.282 e. The molecule has 3 aliphatic heterocycles. The minimum atomic E-state index is -1.32. The van der Waals surface area contributed by atoms with Crippen molar-refractivity contribution in [2.24, 2.45) is 15.7 Å². The summed E-state index contributed by atoms with van der Waals surface area (Å²) in [5.74, 6) is 0.640. The quantitative estimate of drug-likeness (QED) is 0.801. The van der Waals surface area contributed by atoms with Crippen molar-refractivity contribution >= 4 is 23.5 Å². The highest BCUT2D eigenvalue weighted by molar-refractivity contribution is 6.12. The topological polar surface area (TPSA) is 95.5 Å². The van der Waals surface area contributed by atoms with Crippen molar-refractivity contribution in [1.29, 1.82) is 0 Å². The normalized spacial score (nSPS) is 25.6. The van der Waals surface area contributed by atoms with Gasteiger partial charge in [-0.05, 0) is 12.5 Å². The fraction of sp³-hybridized carbons (Fsp3) is 0.471. The summed E-state index contributed by atoms with van der Waals surface area (Å²) in [6.45, 7) is 5.31. The third-order valence-corrected chi connectivity index (χ3v) is 4.66. The van der Waals surface area contributed by atoms with Crippen molar-refractivity contribution in [1.82, 2.24) is 10.2 Å². The summed E-state index contributed by atoms with van der Waals surface area (Å²) in [4.78, 5) is 26.3. The van der Waals surface area contributed by atoms with Crippen LogP contribution in [0.1, 0.15) is 18.9 Å². The van der Waals surface area contributed by atoms with E-state index in [2.05, 4.69) is 10.3 Å². The molecule has 1 amide bonds. The van der Waals surface area contributed by atoms with Crippen LogP contribution in [0, 0.1) is 0 Å². The van der Waals surface area contributed by atoms with E-state index in [0.717, 1.165) is 17.7 Å². The fourth-order valence-electron chi connectivity index (χ4n) is 3.53. The molecule has 3 heterocycles. The van der Waals surface area contributed by atoms with Gasteiger partial charge in [-0.15, -0.1) is 0 Å². The minimum absolute atomic E-state index is 0.147. The summed E-state index contributed by atoms with van der Waals surface area (Å²) in [6, 6.07) is 7.68. The number of carbonyl (C=O) groups excluding carboxylic acids is 1. The van der Waals surface area contributed by atoms with Gasteiger partial charge in [-0.3, -0.25) is 10.1 Å². The van der Waals surface area contributed by atoms with Gasteiger partial charge in [-0.25, -0.2) is 9.98 Å². The molecule has 1 atom stereocenters. The van der Waals surface area contributed by atoms with Crippen LogP contribution in [0.15, 0.2) is 34.3 Å². The van der Waals surface area contributed by atoms with Crippen LogP contribution in [0.5, 0.6) is 0 Å². The number of amides is 1. The number of hydrogen-bond acceptors (Lipinski definition) is 7. The highest BCUT2D eigenvalue weighted by Crippen LogP contribution is 2.44. The van der Waals surface area contributed by atoms with E-state index in [1.165, 1.54) is 0 Å². The average molecular weight is 342 g/mol. The highest BCUT2D eigenvalue weighted by Gasteiger charge is 2.53. The van der Waals surface area contributed by atoms with E-state index >= 15 is 0 Å². The van der Waals surface area contributed by atoms with Gasteiger partial charge in [0.15, 0.2) is 5.96 Å². The number of fused-ring (bicyclic) bond motifs is 2. The number of guanidine groups is 2. The molecule has 0 unspecified atom stereocenters. The number of aliphatic imine (C=N–C) groups is 2. The largest absolute Gasteiger partial charge is 0.378 e. The van der Waals surface area contributed by atoms with Crippen molar-refractivity contribution in [3.63, 3.8) is 0 Å². The highest BCUT2D eigenvalue weighted by atomic mass is 16.5. The van der Waals surface area contributed by atoms with Crippen LogP contribution < -0.4 is 16.0 Å². The second kappa shape index (κ2) is 6.03. The monoisotopic (exact) mass is 342 g/mol. The predicted octanol–water partition coefficient (Wildman–Crippen LogP) is 0.202. The van der Waals surface area contributed by atoms with Crippen LogP contribution in [0.4, 0.5) is 5.69 Å². The molecule has 4 rings (SSSR count). The summed E-state index contributed by atoms with van der Waals surface area (Å²) in [5, 5.41) is 3.01. The number of para-hydroxylation sites is 1.